The summed E-state index contributed by atoms with van der Waals surface area (Å²) in [6, 6.07) is 13.4. The first-order valence-corrected chi connectivity index (χ1v) is 9.12. The normalized spacial score (nSPS) is 12.0. The fourth-order valence-electron chi connectivity index (χ4n) is 3.23. The van der Waals surface area contributed by atoms with E-state index < -0.39 is 0 Å². The average Bonchev–Trinajstić information content (AvgIpc) is 2.97. The molecule has 2 N–H and O–H groups in total. The molecule has 0 atom stereocenters. The van der Waals surface area contributed by atoms with Crippen molar-refractivity contribution in [1.29, 1.82) is 0 Å². The van der Waals surface area contributed by atoms with Gasteiger partial charge in [-0.1, -0.05) is 12.1 Å². The summed E-state index contributed by atoms with van der Waals surface area (Å²) in [7, 11) is 7.50. The zero-order chi connectivity index (χ0) is 20.4. The predicted octanol–water partition coefficient (Wildman–Crippen LogP) is 3.78. The molecule has 1 amide bonds. The number of nitrogens with zero attached hydrogens (tertiary/aromatic N) is 3. The van der Waals surface area contributed by atoms with E-state index in [0.717, 1.165) is 23.1 Å². The van der Waals surface area contributed by atoms with Crippen LogP contribution in [0.1, 0.15) is 28.4 Å². The van der Waals surface area contributed by atoms with Gasteiger partial charge in [0.1, 0.15) is 0 Å². The van der Waals surface area contributed by atoms with Gasteiger partial charge in [0.25, 0.3) is 5.91 Å². The van der Waals surface area contributed by atoms with E-state index in [4.69, 9.17) is 0 Å². The summed E-state index contributed by atoms with van der Waals surface area (Å²) >= 11 is 0. The highest BCUT2D eigenvalue weighted by Gasteiger charge is 2.16. The molecule has 146 valence electrons. The number of hydrogen-bond acceptors (Lipinski definition) is 4. The first-order valence-electron chi connectivity index (χ1n) is 9.12. The highest BCUT2D eigenvalue weighted by molar-refractivity contribution is 6.13. The molecule has 1 heterocycles. The van der Waals surface area contributed by atoms with Crippen LogP contribution >= 0.6 is 0 Å². The third-order valence-corrected chi connectivity index (χ3v) is 4.53. The van der Waals surface area contributed by atoms with Crippen LogP contribution in [0, 0.1) is 0 Å². The Kier molecular flexibility index (Phi) is 5.51. The molecule has 3 rings (SSSR count). The lowest BCUT2D eigenvalue weighted by atomic mass is 10.1. The highest BCUT2D eigenvalue weighted by atomic mass is 16.3. The molecule has 1 aromatic heterocycles. The number of hydrogen-bond donors (Lipinski definition) is 2. The second kappa shape index (κ2) is 7.86. The van der Waals surface area contributed by atoms with E-state index in [2.05, 4.69) is 27.0 Å². The molecule has 0 saturated heterocycles. The van der Waals surface area contributed by atoms with Crippen molar-refractivity contribution in [2.45, 2.75) is 13.5 Å². The van der Waals surface area contributed by atoms with E-state index in [1.807, 2.05) is 33.2 Å². The Morgan fingerprint density at radius 1 is 1.07 bits per heavy atom. The maximum absolute atomic E-state index is 12.3. The minimum atomic E-state index is -0.0837. The first kappa shape index (κ1) is 19.6. The highest BCUT2D eigenvalue weighted by Crippen LogP contribution is 2.30. The van der Waals surface area contributed by atoms with E-state index in [1.54, 1.807) is 32.3 Å². The maximum atomic E-state index is 12.3. The van der Waals surface area contributed by atoms with Crippen molar-refractivity contribution in [3.63, 3.8) is 0 Å². The largest absolute Gasteiger partial charge is 0.494 e. The molecule has 2 aromatic carbocycles. The smallest absolute Gasteiger partial charge is 0.253 e. The van der Waals surface area contributed by atoms with Crippen LogP contribution in [0.3, 0.4) is 0 Å². The number of aromatic nitrogens is 1. The number of aromatic hydroxyl groups is 1. The van der Waals surface area contributed by atoms with Gasteiger partial charge in [-0.05, 0) is 56.9 Å². The Bertz CT molecular complexity index is 1030. The number of benzene rings is 2. The summed E-state index contributed by atoms with van der Waals surface area (Å²) in [4.78, 5) is 23.6. The molecule has 0 bridgehead atoms. The molecular formula is C22H26N4O2. The molecular weight excluding hydrogens is 352 g/mol. The van der Waals surface area contributed by atoms with Crippen LogP contribution in [0.2, 0.25) is 0 Å². The van der Waals surface area contributed by atoms with Gasteiger partial charge >= 0.3 is 0 Å². The lowest BCUT2D eigenvalue weighted by Crippen LogP contribution is -2.21. The van der Waals surface area contributed by atoms with E-state index in [1.165, 1.54) is 10.5 Å². The van der Waals surface area contributed by atoms with Crippen molar-refractivity contribution in [2.75, 3.05) is 28.2 Å². The van der Waals surface area contributed by atoms with Crippen LogP contribution in [0.15, 0.2) is 47.5 Å². The molecule has 0 saturated carbocycles. The molecule has 0 radical (unpaired) electrons. The molecule has 0 aliphatic rings. The number of nitrogens with one attached hydrogen (secondary N) is 1. The summed E-state index contributed by atoms with van der Waals surface area (Å²) in [6.07, 6.45) is 0. The molecule has 0 aliphatic heterocycles. The van der Waals surface area contributed by atoms with Crippen molar-refractivity contribution in [1.82, 2.24) is 14.8 Å². The molecule has 0 fully saturated rings. The Hall–Kier alpha value is -3.12. The molecule has 0 unspecified atom stereocenters. The third kappa shape index (κ3) is 4.07. The van der Waals surface area contributed by atoms with Gasteiger partial charge < -0.3 is 19.9 Å². The number of carbonyl (C=O) groups is 1. The van der Waals surface area contributed by atoms with Gasteiger partial charge in [0, 0.05) is 37.1 Å². The monoisotopic (exact) mass is 378 g/mol. The number of carbonyl (C=O) groups excluding carboxylic acids is 1. The van der Waals surface area contributed by atoms with Gasteiger partial charge in [-0.3, -0.25) is 9.79 Å². The molecule has 6 heteroatoms. The van der Waals surface area contributed by atoms with Crippen LogP contribution < -0.4 is 0 Å². The predicted molar refractivity (Wildman–Crippen MR) is 114 cm³/mol. The van der Waals surface area contributed by atoms with E-state index in [0.29, 0.717) is 16.8 Å². The van der Waals surface area contributed by atoms with Gasteiger partial charge in [0.05, 0.1) is 17.0 Å². The molecule has 3 aromatic rings. The topological polar surface area (TPSA) is 71.9 Å². The second-order valence-corrected chi connectivity index (χ2v) is 7.41. The fraction of sp³-hybridized carbons (Fsp3) is 0.273. The number of fused-ring (bicyclic) bond motifs is 1. The fourth-order valence-corrected chi connectivity index (χ4v) is 3.23. The SMILES string of the molecule is CC(=Nc1ccc(CN(C)C)cc1)c1c(O)[nH]c2ccc(C(=O)N(C)C)cc12. The van der Waals surface area contributed by atoms with Crippen LogP contribution in [0.4, 0.5) is 5.69 Å². The summed E-state index contributed by atoms with van der Waals surface area (Å²) in [5, 5.41) is 11.2. The van der Waals surface area contributed by atoms with Crippen molar-refractivity contribution in [3.8, 4) is 5.88 Å². The van der Waals surface area contributed by atoms with Crippen molar-refractivity contribution >= 4 is 28.2 Å². The minimum Gasteiger partial charge on any atom is -0.494 e. The quantitative estimate of drug-likeness (QED) is 0.664. The molecule has 0 spiro atoms. The maximum Gasteiger partial charge on any atom is 0.253 e. The average molecular weight is 378 g/mol. The van der Waals surface area contributed by atoms with Gasteiger partial charge in [-0.2, -0.15) is 0 Å². The number of H-pyrrole nitrogens is 1. The minimum absolute atomic E-state index is 0.0509. The number of rotatable bonds is 5. The number of aromatic amines is 1. The third-order valence-electron chi connectivity index (χ3n) is 4.53. The Balaban J connectivity index is 1.99. The van der Waals surface area contributed by atoms with Gasteiger partial charge in [0.2, 0.25) is 0 Å². The Morgan fingerprint density at radius 3 is 2.36 bits per heavy atom. The van der Waals surface area contributed by atoms with E-state index in [9.17, 15) is 9.90 Å². The molecule has 28 heavy (non-hydrogen) atoms. The van der Waals surface area contributed by atoms with Gasteiger partial charge in [0.15, 0.2) is 5.88 Å². The van der Waals surface area contributed by atoms with Gasteiger partial charge in [-0.25, -0.2) is 0 Å². The van der Waals surface area contributed by atoms with E-state index in [-0.39, 0.29) is 11.8 Å². The molecule has 0 aliphatic carbocycles. The lowest BCUT2D eigenvalue weighted by Gasteiger charge is -2.10. The Morgan fingerprint density at radius 2 is 1.75 bits per heavy atom. The van der Waals surface area contributed by atoms with Gasteiger partial charge in [-0.15, -0.1) is 0 Å². The van der Waals surface area contributed by atoms with Crippen molar-refractivity contribution in [2.24, 2.45) is 4.99 Å². The van der Waals surface area contributed by atoms with E-state index >= 15 is 0 Å². The zero-order valence-corrected chi connectivity index (χ0v) is 16.9. The Labute approximate surface area is 165 Å². The second-order valence-electron chi connectivity index (χ2n) is 7.41. The van der Waals surface area contributed by atoms with Crippen LogP contribution in [-0.4, -0.2) is 59.7 Å². The first-order chi connectivity index (χ1) is 13.3. The zero-order valence-electron chi connectivity index (χ0n) is 16.9. The summed E-state index contributed by atoms with van der Waals surface area (Å²) < 4.78 is 0. The van der Waals surface area contributed by atoms with Crippen molar-refractivity contribution < 1.29 is 9.90 Å². The number of aliphatic imine (C=N–C) groups is 1. The lowest BCUT2D eigenvalue weighted by molar-refractivity contribution is 0.0828. The summed E-state index contributed by atoms with van der Waals surface area (Å²) in [5.74, 6) is -0.0328. The molecule has 6 nitrogen and oxygen atoms in total. The summed E-state index contributed by atoms with van der Waals surface area (Å²) in [5.41, 5.74) is 4.65. The number of amides is 1. The van der Waals surface area contributed by atoms with Crippen LogP contribution in [0.25, 0.3) is 10.9 Å². The van der Waals surface area contributed by atoms with Crippen molar-refractivity contribution in [3.05, 3.63) is 59.2 Å². The summed E-state index contributed by atoms with van der Waals surface area (Å²) in [6.45, 7) is 2.73. The van der Waals surface area contributed by atoms with Crippen LogP contribution in [0.5, 0.6) is 5.88 Å². The standard InChI is InChI=1S/C22H26N4O2/c1-14(23-17-9-6-15(7-10-17)13-25(2)3)20-18-12-16(22(28)26(4)5)8-11-19(18)24-21(20)27/h6-12,24,27H,13H2,1-5H3. The van der Waals surface area contributed by atoms with Crippen LogP contribution in [-0.2, 0) is 6.54 Å².